The van der Waals surface area contributed by atoms with Gasteiger partial charge in [0.2, 0.25) is 0 Å². The van der Waals surface area contributed by atoms with Gasteiger partial charge in [-0.05, 0) is 25.8 Å². The highest BCUT2D eigenvalue weighted by Gasteiger charge is 2.49. The molecular weight excluding hydrogens is 180 g/mol. The van der Waals surface area contributed by atoms with E-state index in [1.807, 2.05) is 0 Å². The molecule has 0 spiro atoms. The fraction of sp³-hybridized carbons (Fsp3) is 1.00. The summed E-state index contributed by atoms with van der Waals surface area (Å²) < 4.78 is 11.3. The molecule has 0 rings (SSSR count). The van der Waals surface area contributed by atoms with Crippen LogP contribution in [-0.2, 0) is 8.85 Å². The van der Waals surface area contributed by atoms with Crippen LogP contribution in [0.1, 0.15) is 40.0 Å². The first-order valence-corrected chi connectivity index (χ1v) is 7.47. The predicted molar refractivity (Wildman–Crippen MR) is 59.2 cm³/mol. The van der Waals surface area contributed by atoms with Gasteiger partial charge < -0.3 is 8.85 Å². The minimum absolute atomic E-state index is 0.274. The Labute approximate surface area is 83.9 Å². The maximum absolute atomic E-state index is 5.64. The minimum atomic E-state index is -1.98. The van der Waals surface area contributed by atoms with E-state index >= 15 is 0 Å². The smallest absolute Gasteiger partial charge is 0.340 e. The summed E-state index contributed by atoms with van der Waals surface area (Å²) in [7, 11) is 1.59. The Morgan fingerprint density at radius 1 is 0.923 bits per heavy atom. The van der Waals surface area contributed by atoms with Crippen LogP contribution in [0.3, 0.4) is 0 Å². The van der Waals surface area contributed by atoms with Crippen molar-refractivity contribution in [1.82, 2.24) is 0 Å². The van der Waals surface area contributed by atoms with Crippen LogP contribution >= 0.6 is 0 Å². The van der Waals surface area contributed by atoms with Gasteiger partial charge in [-0.15, -0.1) is 0 Å². The molecule has 0 atom stereocenters. The summed E-state index contributed by atoms with van der Waals surface area (Å²) in [5.41, 5.74) is 0. The third-order valence-electron chi connectivity index (χ3n) is 3.77. The second-order valence-corrected chi connectivity index (χ2v) is 7.46. The highest BCUT2D eigenvalue weighted by atomic mass is 28.4. The van der Waals surface area contributed by atoms with E-state index in [4.69, 9.17) is 8.85 Å². The van der Waals surface area contributed by atoms with E-state index in [2.05, 4.69) is 27.3 Å². The molecule has 0 aliphatic rings. The normalized spacial score (nSPS) is 13.4. The van der Waals surface area contributed by atoms with Crippen molar-refractivity contribution in [2.24, 2.45) is 0 Å². The van der Waals surface area contributed by atoms with Crippen molar-refractivity contribution in [1.29, 1.82) is 0 Å². The van der Waals surface area contributed by atoms with E-state index in [1.54, 1.807) is 14.2 Å². The van der Waals surface area contributed by atoms with Crippen molar-refractivity contribution in [3.05, 3.63) is 0 Å². The Hall–Kier alpha value is 0.137. The highest BCUT2D eigenvalue weighted by molar-refractivity contribution is 6.69. The molecule has 80 valence electrons. The standard InChI is InChI=1S/C10H24O2Si/c1-7-10(8-2,9-3)13(6,11-4)12-5/h7-9H2,1-6H3. The lowest BCUT2D eigenvalue weighted by molar-refractivity contribution is 0.199. The zero-order valence-corrected chi connectivity index (χ0v) is 10.9. The molecule has 2 nitrogen and oxygen atoms in total. The van der Waals surface area contributed by atoms with Gasteiger partial charge in [0.05, 0.1) is 0 Å². The molecule has 0 aromatic carbocycles. The molecule has 0 unspecified atom stereocenters. The Morgan fingerprint density at radius 2 is 1.23 bits per heavy atom. The van der Waals surface area contributed by atoms with Gasteiger partial charge in [0.1, 0.15) is 0 Å². The number of hydrogen-bond acceptors (Lipinski definition) is 2. The zero-order valence-electron chi connectivity index (χ0n) is 9.94. The Bertz CT molecular complexity index is 132. The fourth-order valence-corrected chi connectivity index (χ4v) is 5.19. The van der Waals surface area contributed by atoms with Gasteiger partial charge >= 0.3 is 8.56 Å². The molecule has 0 saturated carbocycles. The first-order valence-electron chi connectivity index (χ1n) is 5.16. The monoisotopic (exact) mass is 204 g/mol. The van der Waals surface area contributed by atoms with Crippen LogP contribution in [0.5, 0.6) is 0 Å². The first-order chi connectivity index (χ1) is 6.05. The minimum Gasteiger partial charge on any atom is -0.397 e. The summed E-state index contributed by atoms with van der Waals surface area (Å²) in [6.45, 7) is 8.87. The van der Waals surface area contributed by atoms with Gasteiger partial charge in [0.15, 0.2) is 0 Å². The SMILES string of the molecule is CCC(CC)(CC)[Si](C)(OC)OC. The largest absolute Gasteiger partial charge is 0.397 e. The van der Waals surface area contributed by atoms with Gasteiger partial charge in [0, 0.05) is 19.3 Å². The molecule has 0 aliphatic carbocycles. The Morgan fingerprint density at radius 3 is 1.31 bits per heavy atom. The lowest BCUT2D eigenvalue weighted by atomic mass is 9.99. The van der Waals surface area contributed by atoms with Crippen LogP contribution in [0.25, 0.3) is 0 Å². The molecule has 0 N–H and O–H groups in total. The third-order valence-corrected chi connectivity index (χ3v) is 8.32. The topological polar surface area (TPSA) is 18.5 Å². The second-order valence-electron chi connectivity index (χ2n) is 3.69. The van der Waals surface area contributed by atoms with Crippen LogP contribution in [0.2, 0.25) is 11.6 Å². The van der Waals surface area contributed by atoms with Crippen LogP contribution < -0.4 is 0 Å². The third kappa shape index (κ3) is 2.14. The molecule has 0 aromatic heterocycles. The average molecular weight is 204 g/mol. The number of rotatable bonds is 6. The molecule has 0 fully saturated rings. The van der Waals surface area contributed by atoms with Crippen molar-refractivity contribution >= 4 is 8.56 Å². The first kappa shape index (κ1) is 13.1. The van der Waals surface area contributed by atoms with Gasteiger partial charge in [0.25, 0.3) is 0 Å². The summed E-state index contributed by atoms with van der Waals surface area (Å²) in [4.78, 5) is 0. The Balaban J connectivity index is 4.87. The van der Waals surface area contributed by atoms with Gasteiger partial charge in [-0.2, -0.15) is 0 Å². The van der Waals surface area contributed by atoms with Crippen molar-refractivity contribution < 1.29 is 8.85 Å². The van der Waals surface area contributed by atoms with Gasteiger partial charge in [-0.1, -0.05) is 20.8 Å². The lowest BCUT2D eigenvalue weighted by Crippen LogP contribution is -2.49. The maximum atomic E-state index is 5.64. The molecule has 0 saturated heterocycles. The molecule has 0 bridgehead atoms. The maximum Gasteiger partial charge on any atom is 0.340 e. The highest BCUT2D eigenvalue weighted by Crippen LogP contribution is 2.48. The average Bonchev–Trinajstić information content (AvgIpc) is 2.20. The molecule has 13 heavy (non-hydrogen) atoms. The molecule has 0 aromatic rings. The van der Waals surface area contributed by atoms with Gasteiger partial charge in [-0.25, -0.2) is 0 Å². The van der Waals surface area contributed by atoms with E-state index in [1.165, 1.54) is 0 Å². The molecule has 0 aliphatic heterocycles. The van der Waals surface area contributed by atoms with E-state index in [0.717, 1.165) is 19.3 Å². The van der Waals surface area contributed by atoms with E-state index < -0.39 is 8.56 Å². The quantitative estimate of drug-likeness (QED) is 0.618. The molecular formula is C10H24O2Si. The van der Waals surface area contributed by atoms with Crippen LogP contribution in [0.4, 0.5) is 0 Å². The van der Waals surface area contributed by atoms with Crippen LogP contribution in [-0.4, -0.2) is 22.8 Å². The second kappa shape index (κ2) is 5.13. The van der Waals surface area contributed by atoms with Crippen LogP contribution in [0, 0.1) is 0 Å². The zero-order chi connectivity index (χ0) is 10.5. The summed E-state index contributed by atoms with van der Waals surface area (Å²) >= 11 is 0. The van der Waals surface area contributed by atoms with E-state index in [0.29, 0.717) is 0 Å². The fourth-order valence-electron chi connectivity index (χ4n) is 2.23. The molecule has 0 amide bonds. The van der Waals surface area contributed by atoms with Crippen molar-refractivity contribution in [2.75, 3.05) is 14.2 Å². The summed E-state index contributed by atoms with van der Waals surface area (Å²) in [5, 5.41) is 0.274. The van der Waals surface area contributed by atoms with Crippen LogP contribution in [0.15, 0.2) is 0 Å². The van der Waals surface area contributed by atoms with Gasteiger partial charge in [-0.3, -0.25) is 0 Å². The Kier molecular flexibility index (Phi) is 5.18. The van der Waals surface area contributed by atoms with Crippen molar-refractivity contribution in [2.45, 2.75) is 51.6 Å². The van der Waals surface area contributed by atoms with Crippen molar-refractivity contribution in [3.63, 3.8) is 0 Å². The molecule has 0 heterocycles. The van der Waals surface area contributed by atoms with E-state index in [-0.39, 0.29) is 5.04 Å². The number of hydrogen-bond donors (Lipinski definition) is 0. The lowest BCUT2D eigenvalue weighted by Gasteiger charge is -2.42. The molecule has 3 heteroatoms. The predicted octanol–water partition coefficient (Wildman–Crippen LogP) is 3.32. The summed E-state index contributed by atoms with van der Waals surface area (Å²) in [6.07, 6.45) is 3.43. The summed E-state index contributed by atoms with van der Waals surface area (Å²) in [6, 6.07) is 0. The van der Waals surface area contributed by atoms with Crippen molar-refractivity contribution in [3.8, 4) is 0 Å². The van der Waals surface area contributed by atoms with E-state index in [9.17, 15) is 0 Å². The molecule has 0 radical (unpaired) electrons. The summed E-state index contributed by atoms with van der Waals surface area (Å²) in [5.74, 6) is 0.